The van der Waals surface area contributed by atoms with Crippen LogP contribution in [0.25, 0.3) is 0 Å². The average molecular weight is 369 g/mol. The van der Waals surface area contributed by atoms with Gasteiger partial charge in [0.15, 0.2) is 11.5 Å². The lowest BCUT2D eigenvalue weighted by Crippen LogP contribution is -2.30. The number of methoxy groups -OCH3 is 1. The second-order valence-electron chi connectivity index (χ2n) is 6.92. The van der Waals surface area contributed by atoms with Gasteiger partial charge in [-0.2, -0.15) is 0 Å². The number of amides is 1. The van der Waals surface area contributed by atoms with Crippen molar-refractivity contribution < 1.29 is 19.0 Å². The van der Waals surface area contributed by atoms with E-state index in [-0.39, 0.29) is 12.0 Å². The largest absolute Gasteiger partial charge is 0.493 e. The highest BCUT2D eigenvalue weighted by Gasteiger charge is 2.19. The molecule has 0 saturated heterocycles. The average Bonchev–Trinajstić information content (AvgIpc) is 3.20. The summed E-state index contributed by atoms with van der Waals surface area (Å²) < 4.78 is 16.9. The summed E-state index contributed by atoms with van der Waals surface area (Å²) >= 11 is 0. The van der Waals surface area contributed by atoms with Crippen molar-refractivity contribution in [2.45, 2.75) is 44.6 Å². The van der Waals surface area contributed by atoms with Crippen LogP contribution in [0.15, 0.2) is 48.5 Å². The minimum absolute atomic E-state index is 0.116. The van der Waals surface area contributed by atoms with Gasteiger partial charge in [-0.15, -0.1) is 0 Å². The summed E-state index contributed by atoms with van der Waals surface area (Å²) in [5.74, 6) is 2.17. The van der Waals surface area contributed by atoms with Gasteiger partial charge >= 0.3 is 6.09 Å². The van der Waals surface area contributed by atoms with E-state index in [4.69, 9.17) is 14.2 Å². The SMILES string of the molecule is COc1ccc(C(C)CNC(=O)Oc2ccccc2)cc1OC1CCCC1. The Hall–Kier alpha value is -2.69. The molecular weight excluding hydrogens is 342 g/mol. The molecule has 5 nitrogen and oxygen atoms in total. The highest BCUT2D eigenvalue weighted by Crippen LogP contribution is 2.34. The topological polar surface area (TPSA) is 56.8 Å². The standard InChI is InChI=1S/C22H27NO4/c1-16(15-23-22(24)27-19-8-4-3-5-9-19)17-12-13-20(25-2)21(14-17)26-18-10-6-7-11-18/h3-5,8-9,12-14,16,18H,6-7,10-11,15H2,1-2H3,(H,23,24). The smallest absolute Gasteiger partial charge is 0.412 e. The fraction of sp³-hybridized carbons (Fsp3) is 0.409. The minimum atomic E-state index is -0.455. The molecule has 3 rings (SSSR count). The predicted octanol–water partition coefficient (Wildman–Crippen LogP) is 4.91. The molecule has 1 N–H and O–H groups in total. The first-order valence-corrected chi connectivity index (χ1v) is 9.51. The lowest BCUT2D eigenvalue weighted by atomic mass is 10.0. The van der Waals surface area contributed by atoms with Crippen LogP contribution < -0.4 is 19.5 Å². The second kappa shape index (κ2) is 9.31. The van der Waals surface area contributed by atoms with Crippen molar-refractivity contribution in [1.29, 1.82) is 0 Å². The molecule has 0 spiro atoms. The summed E-state index contributed by atoms with van der Waals surface area (Å²) in [7, 11) is 1.65. The summed E-state index contributed by atoms with van der Waals surface area (Å²) in [6, 6.07) is 15.0. The summed E-state index contributed by atoms with van der Waals surface area (Å²) in [6.07, 6.45) is 4.44. The van der Waals surface area contributed by atoms with Crippen LogP contribution in [0.1, 0.15) is 44.1 Å². The Balaban J connectivity index is 1.58. The zero-order valence-corrected chi connectivity index (χ0v) is 15.9. The lowest BCUT2D eigenvalue weighted by molar-refractivity contribution is 0.199. The van der Waals surface area contributed by atoms with Gasteiger partial charge in [0.05, 0.1) is 13.2 Å². The molecule has 1 saturated carbocycles. The van der Waals surface area contributed by atoms with E-state index in [1.54, 1.807) is 19.2 Å². The summed E-state index contributed by atoms with van der Waals surface area (Å²) in [4.78, 5) is 12.0. The number of hydrogen-bond donors (Lipinski definition) is 1. The zero-order chi connectivity index (χ0) is 19.1. The number of para-hydroxylation sites is 1. The molecule has 1 unspecified atom stereocenters. The van der Waals surface area contributed by atoms with Crippen LogP contribution in [0, 0.1) is 0 Å². The molecule has 1 fully saturated rings. The summed E-state index contributed by atoms with van der Waals surface area (Å²) in [5.41, 5.74) is 1.09. The first-order valence-electron chi connectivity index (χ1n) is 9.51. The number of nitrogens with one attached hydrogen (secondary N) is 1. The van der Waals surface area contributed by atoms with Crippen LogP contribution in [0.4, 0.5) is 4.79 Å². The van der Waals surface area contributed by atoms with Gasteiger partial charge in [0.25, 0.3) is 0 Å². The van der Waals surface area contributed by atoms with Crippen LogP contribution >= 0.6 is 0 Å². The number of carbonyl (C=O) groups is 1. The van der Waals surface area contributed by atoms with Gasteiger partial charge in [0.2, 0.25) is 0 Å². The van der Waals surface area contributed by atoms with Crippen molar-refractivity contribution in [1.82, 2.24) is 5.32 Å². The van der Waals surface area contributed by atoms with E-state index >= 15 is 0 Å². The van der Waals surface area contributed by atoms with Crippen LogP contribution in [0.3, 0.4) is 0 Å². The van der Waals surface area contributed by atoms with Crippen molar-refractivity contribution in [3.05, 3.63) is 54.1 Å². The third kappa shape index (κ3) is 5.39. The van der Waals surface area contributed by atoms with Crippen LogP contribution in [-0.4, -0.2) is 25.9 Å². The van der Waals surface area contributed by atoms with Crippen molar-refractivity contribution in [2.75, 3.05) is 13.7 Å². The Bertz CT molecular complexity index is 741. The molecular formula is C22H27NO4. The first-order chi connectivity index (χ1) is 13.2. The van der Waals surface area contributed by atoms with Gasteiger partial charge in [0, 0.05) is 6.54 Å². The molecule has 2 aromatic carbocycles. The van der Waals surface area contributed by atoms with E-state index in [0.717, 1.165) is 29.9 Å². The molecule has 0 heterocycles. The molecule has 1 aliphatic rings. The number of hydrogen-bond acceptors (Lipinski definition) is 4. The summed E-state index contributed by atoms with van der Waals surface area (Å²) in [5, 5.41) is 2.82. The van der Waals surface area contributed by atoms with Gasteiger partial charge in [-0.3, -0.25) is 0 Å². The summed E-state index contributed by atoms with van der Waals surface area (Å²) in [6.45, 7) is 2.53. The Morgan fingerprint density at radius 1 is 1.11 bits per heavy atom. The Morgan fingerprint density at radius 3 is 2.56 bits per heavy atom. The van der Waals surface area contributed by atoms with Crippen LogP contribution in [-0.2, 0) is 0 Å². The van der Waals surface area contributed by atoms with Crippen molar-refractivity contribution in [3.63, 3.8) is 0 Å². The molecule has 0 bridgehead atoms. The number of carbonyl (C=O) groups excluding carboxylic acids is 1. The maximum atomic E-state index is 12.0. The van der Waals surface area contributed by atoms with Crippen LogP contribution in [0.2, 0.25) is 0 Å². The molecule has 2 aromatic rings. The Kier molecular flexibility index (Phi) is 6.58. The predicted molar refractivity (Wildman–Crippen MR) is 105 cm³/mol. The maximum absolute atomic E-state index is 12.0. The van der Waals surface area contributed by atoms with E-state index in [0.29, 0.717) is 12.3 Å². The highest BCUT2D eigenvalue weighted by atomic mass is 16.6. The molecule has 1 aliphatic carbocycles. The third-order valence-corrected chi connectivity index (χ3v) is 4.86. The Labute approximate surface area is 160 Å². The highest BCUT2D eigenvalue weighted by molar-refractivity contribution is 5.70. The maximum Gasteiger partial charge on any atom is 0.412 e. The van der Waals surface area contributed by atoms with Gasteiger partial charge in [0.1, 0.15) is 5.75 Å². The third-order valence-electron chi connectivity index (χ3n) is 4.86. The van der Waals surface area contributed by atoms with Crippen molar-refractivity contribution >= 4 is 6.09 Å². The number of benzene rings is 2. The molecule has 1 amide bonds. The van der Waals surface area contributed by atoms with Gasteiger partial charge < -0.3 is 19.5 Å². The van der Waals surface area contributed by atoms with E-state index in [1.165, 1.54) is 12.8 Å². The fourth-order valence-electron chi connectivity index (χ4n) is 3.26. The molecule has 1 atom stereocenters. The van der Waals surface area contributed by atoms with E-state index in [2.05, 4.69) is 12.2 Å². The molecule has 27 heavy (non-hydrogen) atoms. The zero-order valence-electron chi connectivity index (χ0n) is 15.9. The number of rotatable bonds is 7. The van der Waals surface area contributed by atoms with E-state index < -0.39 is 6.09 Å². The normalized spacial score (nSPS) is 15.2. The fourth-order valence-corrected chi connectivity index (χ4v) is 3.26. The van der Waals surface area contributed by atoms with Crippen molar-refractivity contribution in [3.8, 4) is 17.2 Å². The minimum Gasteiger partial charge on any atom is -0.493 e. The molecule has 0 aromatic heterocycles. The van der Waals surface area contributed by atoms with Gasteiger partial charge in [-0.05, 0) is 61.4 Å². The van der Waals surface area contributed by atoms with Crippen LogP contribution in [0.5, 0.6) is 17.2 Å². The van der Waals surface area contributed by atoms with Gasteiger partial charge in [-0.25, -0.2) is 4.79 Å². The molecule has 0 aliphatic heterocycles. The molecule has 5 heteroatoms. The van der Waals surface area contributed by atoms with E-state index in [1.807, 2.05) is 36.4 Å². The molecule has 144 valence electrons. The Morgan fingerprint density at radius 2 is 1.85 bits per heavy atom. The monoisotopic (exact) mass is 369 g/mol. The quantitative estimate of drug-likeness (QED) is 0.753. The van der Waals surface area contributed by atoms with Crippen molar-refractivity contribution in [2.24, 2.45) is 0 Å². The molecule has 0 radical (unpaired) electrons. The lowest BCUT2D eigenvalue weighted by Gasteiger charge is -2.19. The van der Waals surface area contributed by atoms with Gasteiger partial charge in [-0.1, -0.05) is 31.2 Å². The second-order valence-corrected chi connectivity index (χ2v) is 6.92. The first kappa shape index (κ1) is 19.1. The van der Waals surface area contributed by atoms with E-state index in [9.17, 15) is 4.79 Å². The number of ether oxygens (including phenoxy) is 3.